The number of carbonyl (C=O) groups excluding carboxylic acids is 1. The minimum absolute atomic E-state index is 0.0829. The molecule has 1 amide bonds. The Morgan fingerprint density at radius 1 is 1.35 bits per heavy atom. The van der Waals surface area contributed by atoms with Gasteiger partial charge in [-0.15, -0.1) is 0 Å². The van der Waals surface area contributed by atoms with Crippen molar-refractivity contribution in [2.24, 2.45) is 11.1 Å². The van der Waals surface area contributed by atoms with Crippen molar-refractivity contribution in [3.63, 3.8) is 0 Å². The van der Waals surface area contributed by atoms with Gasteiger partial charge in [0.15, 0.2) is 0 Å². The standard InChI is InChI=1S/C16H25N3O/c1-19(2)11-13-6-5-7-14(10-13)18-15(20)16(12-17)8-3-4-9-16/h5-7,10H,3-4,8-9,11-12,17H2,1-2H3,(H,18,20). The molecule has 0 heterocycles. The van der Waals surface area contributed by atoms with Crippen LogP contribution in [0.4, 0.5) is 5.69 Å². The molecule has 0 aromatic heterocycles. The third-order valence-corrected chi connectivity index (χ3v) is 4.12. The predicted octanol–water partition coefficient (Wildman–Crippen LogP) is 2.21. The Bertz CT molecular complexity index is 465. The first-order valence-electron chi connectivity index (χ1n) is 7.31. The van der Waals surface area contributed by atoms with E-state index in [0.29, 0.717) is 6.54 Å². The molecule has 1 aromatic rings. The first kappa shape index (κ1) is 15.0. The lowest BCUT2D eigenvalue weighted by atomic mass is 9.85. The van der Waals surface area contributed by atoms with Gasteiger partial charge in [0.2, 0.25) is 5.91 Å². The van der Waals surface area contributed by atoms with E-state index in [-0.39, 0.29) is 11.3 Å². The van der Waals surface area contributed by atoms with E-state index in [1.807, 2.05) is 32.3 Å². The third kappa shape index (κ3) is 3.38. The highest BCUT2D eigenvalue weighted by Gasteiger charge is 2.39. The normalized spacial score (nSPS) is 17.4. The van der Waals surface area contributed by atoms with Crippen molar-refractivity contribution >= 4 is 11.6 Å². The summed E-state index contributed by atoms with van der Waals surface area (Å²) in [5.41, 5.74) is 7.57. The monoisotopic (exact) mass is 275 g/mol. The number of benzene rings is 1. The smallest absolute Gasteiger partial charge is 0.231 e. The maximum Gasteiger partial charge on any atom is 0.231 e. The van der Waals surface area contributed by atoms with Crippen LogP contribution in [-0.4, -0.2) is 31.4 Å². The zero-order valence-corrected chi connectivity index (χ0v) is 12.5. The Hall–Kier alpha value is -1.39. The highest BCUT2D eigenvalue weighted by atomic mass is 16.2. The highest BCUT2D eigenvalue weighted by molar-refractivity contribution is 5.95. The van der Waals surface area contributed by atoms with E-state index in [2.05, 4.69) is 16.3 Å². The Kier molecular flexibility index (Phi) is 4.78. The number of nitrogens with one attached hydrogen (secondary N) is 1. The molecule has 1 saturated carbocycles. The van der Waals surface area contributed by atoms with Crippen molar-refractivity contribution < 1.29 is 4.79 Å². The molecule has 0 radical (unpaired) electrons. The van der Waals surface area contributed by atoms with Crippen LogP contribution in [0.5, 0.6) is 0 Å². The van der Waals surface area contributed by atoms with Gasteiger partial charge in [0, 0.05) is 18.8 Å². The summed E-state index contributed by atoms with van der Waals surface area (Å²) in [6, 6.07) is 8.04. The number of hydrogen-bond acceptors (Lipinski definition) is 3. The van der Waals surface area contributed by atoms with E-state index in [1.165, 1.54) is 5.56 Å². The second-order valence-corrected chi connectivity index (χ2v) is 6.08. The van der Waals surface area contributed by atoms with E-state index in [1.54, 1.807) is 0 Å². The molecule has 2 rings (SSSR count). The summed E-state index contributed by atoms with van der Waals surface area (Å²) in [6.45, 7) is 1.31. The lowest BCUT2D eigenvalue weighted by Gasteiger charge is -2.25. The fraction of sp³-hybridized carbons (Fsp3) is 0.562. The highest BCUT2D eigenvalue weighted by Crippen LogP contribution is 2.38. The van der Waals surface area contributed by atoms with Gasteiger partial charge in [-0.2, -0.15) is 0 Å². The number of hydrogen-bond donors (Lipinski definition) is 2. The second kappa shape index (κ2) is 6.37. The summed E-state index contributed by atoms with van der Waals surface area (Å²) < 4.78 is 0. The second-order valence-electron chi connectivity index (χ2n) is 6.08. The Balaban J connectivity index is 2.07. The topological polar surface area (TPSA) is 58.4 Å². The molecule has 1 fully saturated rings. The van der Waals surface area contributed by atoms with Crippen molar-refractivity contribution in [1.82, 2.24) is 4.90 Å². The fourth-order valence-electron chi connectivity index (χ4n) is 2.95. The molecular weight excluding hydrogens is 250 g/mol. The third-order valence-electron chi connectivity index (χ3n) is 4.12. The average molecular weight is 275 g/mol. The van der Waals surface area contributed by atoms with Gasteiger partial charge < -0.3 is 16.0 Å². The van der Waals surface area contributed by atoms with E-state index in [0.717, 1.165) is 37.9 Å². The lowest BCUT2D eigenvalue weighted by Crippen LogP contribution is -2.40. The number of rotatable bonds is 5. The van der Waals surface area contributed by atoms with Gasteiger partial charge in [0.1, 0.15) is 0 Å². The first-order chi connectivity index (χ1) is 9.55. The van der Waals surface area contributed by atoms with Crippen LogP contribution in [0.1, 0.15) is 31.2 Å². The van der Waals surface area contributed by atoms with Crippen LogP contribution in [0.25, 0.3) is 0 Å². The molecule has 0 atom stereocenters. The van der Waals surface area contributed by atoms with Gasteiger partial charge >= 0.3 is 0 Å². The zero-order valence-electron chi connectivity index (χ0n) is 12.5. The molecule has 20 heavy (non-hydrogen) atoms. The summed E-state index contributed by atoms with van der Waals surface area (Å²) in [6.07, 6.45) is 4.02. The summed E-state index contributed by atoms with van der Waals surface area (Å²) in [4.78, 5) is 14.6. The molecular formula is C16H25N3O. The summed E-state index contributed by atoms with van der Waals surface area (Å²) >= 11 is 0. The first-order valence-corrected chi connectivity index (χ1v) is 7.31. The summed E-state index contributed by atoms with van der Waals surface area (Å²) in [5.74, 6) is 0.0829. The van der Waals surface area contributed by atoms with E-state index >= 15 is 0 Å². The maximum absolute atomic E-state index is 12.5. The molecule has 3 N–H and O–H groups in total. The van der Waals surface area contributed by atoms with Gasteiger partial charge in [0.25, 0.3) is 0 Å². The van der Waals surface area contributed by atoms with Gasteiger partial charge in [-0.1, -0.05) is 25.0 Å². The molecule has 110 valence electrons. The quantitative estimate of drug-likeness (QED) is 0.866. The molecule has 0 bridgehead atoms. The molecule has 1 aliphatic rings. The predicted molar refractivity (Wildman–Crippen MR) is 82.4 cm³/mol. The summed E-state index contributed by atoms with van der Waals surface area (Å²) in [7, 11) is 4.07. The van der Waals surface area contributed by atoms with Gasteiger partial charge in [-0.3, -0.25) is 4.79 Å². The minimum atomic E-state index is -0.350. The van der Waals surface area contributed by atoms with E-state index < -0.39 is 0 Å². The van der Waals surface area contributed by atoms with Gasteiger partial charge in [0.05, 0.1) is 5.41 Å². The molecule has 0 aliphatic heterocycles. The number of carbonyl (C=O) groups is 1. The van der Waals surface area contributed by atoms with E-state index in [9.17, 15) is 4.79 Å². The van der Waals surface area contributed by atoms with Crippen molar-refractivity contribution in [2.45, 2.75) is 32.2 Å². The van der Waals surface area contributed by atoms with E-state index in [4.69, 9.17) is 5.73 Å². The fourth-order valence-corrected chi connectivity index (χ4v) is 2.95. The largest absolute Gasteiger partial charge is 0.329 e. The number of amides is 1. The number of nitrogens with two attached hydrogens (primary N) is 1. The molecule has 4 heteroatoms. The van der Waals surface area contributed by atoms with Crippen LogP contribution in [0.3, 0.4) is 0 Å². The molecule has 0 saturated heterocycles. The van der Waals surface area contributed by atoms with Crippen molar-refractivity contribution in [3.05, 3.63) is 29.8 Å². The summed E-state index contributed by atoms with van der Waals surface area (Å²) in [5, 5.41) is 3.05. The van der Waals surface area contributed by atoms with Gasteiger partial charge in [-0.05, 0) is 44.6 Å². The molecule has 4 nitrogen and oxygen atoms in total. The van der Waals surface area contributed by atoms with Crippen LogP contribution < -0.4 is 11.1 Å². The molecule has 1 aliphatic carbocycles. The Labute approximate surface area is 121 Å². The zero-order chi connectivity index (χ0) is 14.6. The lowest BCUT2D eigenvalue weighted by molar-refractivity contribution is -0.124. The van der Waals surface area contributed by atoms with Crippen molar-refractivity contribution in [3.8, 4) is 0 Å². The minimum Gasteiger partial charge on any atom is -0.329 e. The Morgan fingerprint density at radius 2 is 2.05 bits per heavy atom. The molecule has 0 unspecified atom stereocenters. The van der Waals surface area contributed by atoms with Crippen LogP contribution in [0, 0.1) is 5.41 Å². The number of nitrogens with zero attached hydrogens (tertiary/aromatic N) is 1. The molecule has 0 spiro atoms. The van der Waals surface area contributed by atoms with Crippen molar-refractivity contribution in [2.75, 3.05) is 26.0 Å². The van der Waals surface area contributed by atoms with Crippen molar-refractivity contribution in [1.29, 1.82) is 0 Å². The maximum atomic E-state index is 12.5. The SMILES string of the molecule is CN(C)Cc1cccc(NC(=O)C2(CN)CCCC2)c1. The van der Waals surface area contributed by atoms with Gasteiger partial charge in [-0.25, -0.2) is 0 Å². The van der Waals surface area contributed by atoms with Crippen LogP contribution >= 0.6 is 0 Å². The van der Waals surface area contributed by atoms with Crippen LogP contribution in [0.2, 0.25) is 0 Å². The number of anilines is 1. The van der Waals surface area contributed by atoms with Crippen LogP contribution in [-0.2, 0) is 11.3 Å². The van der Waals surface area contributed by atoms with Crippen LogP contribution in [0.15, 0.2) is 24.3 Å². The Morgan fingerprint density at radius 3 is 2.65 bits per heavy atom. The average Bonchev–Trinajstić information content (AvgIpc) is 2.88. The molecule has 1 aromatic carbocycles.